The van der Waals surface area contributed by atoms with E-state index in [2.05, 4.69) is 11.5 Å². The third-order valence-electron chi connectivity index (χ3n) is 4.21. The van der Waals surface area contributed by atoms with Crippen molar-refractivity contribution in [3.63, 3.8) is 0 Å². The van der Waals surface area contributed by atoms with Crippen molar-refractivity contribution in [2.24, 2.45) is 0 Å². The van der Waals surface area contributed by atoms with Gasteiger partial charge >= 0.3 is 5.97 Å². The van der Waals surface area contributed by atoms with E-state index in [1.807, 2.05) is 30.3 Å². The molecule has 0 bridgehead atoms. The Morgan fingerprint density at radius 1 is 1.12 bits per heavy atom. The maximum Gasteiger partial charge on any atom is 0.337 e. The van der Waals surface area contributed by atoms with Crippen LogP contribution >= 0.6 is 0 Å². The smallest absolute Gasteiger partial charge is 0.337 e. The van der Waals surface area contributed by atoms with Crippen LogP contribution in [0.2, 0.25) is 0 Å². The molecular weight excluding hydrogens is 304 g/mol. The molecule has 0 fully saturated rings. The second-order valence-corrected chi connectivity index (χ2v) is 5.46. The second kappa shape index (κ2) is 6.28. The summed E-state index contributed by atoms with van der Waals surface area (Å²) in [6.45, 7) is 2.86. The fourth-order valence-corrected chi connectivity index (χ4v) is 3.01. The van der Waals surface area contributed by atoms with Gasteiger partial charge in [0.05, 0.1) is 36.7 Å². The Bertz CT molecular complexity index is 895. The van der Waals surface area contributed by atoms with Crippen molar-refractivity contribution >= 4 is 22.6 Å². The Kier molecular flexibility index (Phi) is 4.16. The average molecular weight is 324 g/mol. The number of carbonyl (C=O) groups is 1. The van der Waals surface area contributed by atoms with Gasteiger partial charge in [-0.05, 0) is 37.3 Å². The molecule has 3 rings (SSSR count). The first-order valence-corrected chi connectivity index (χ1v) is 7.75. The number of anilines is 1. The summed E-state index contributed by atoms with van der Waals surface area (Å²) in [5, 5.41) is 0.961. The number of nitrogen functional groups attached to an aromatic ring is 1. The van der Waals surface area contributed by atoms with Gasteiger partial charge in [0.2, 0.25) is 0 Å². The number of carbonyl (C=O) groups excluding carboxylic acids is 1. The van der Waals surface area contributed by atoms with Crippen molar-refractivity contribution in [2.75, 3.05) is 20.0 Å². The minimum atomic E-state index is -0.352. The summed E-state index contributed by atoms with van der Waals surface area (Å²) >= 11 is 0. The minimum Gasteiger partial charge on any atom is -0.497 e. The van der Waals surface area contributed by atoms with Crippen LogP contribution in [-0.2, 0) is 11.3 Å². The molecular formula is C19H20N2O3. The quantitative estimate of drug-likeness (QED) is 0.743. The van der Waals surface area contributed by atoms with E-state index in [0.717, 1.165) is 34.5 Å². The molecule has 1 heterocycles. The van der Waals surface area contributed by atoms with Crippen molar-refractivity contribution in [3.8, 4) is 17.0 Å². The van der Waals surface area contributed by atoms with Gasteiger partial charge in [-0.1, -0.05) is 12.1 Å². The van der Waals surface area contributed by atoms with Crippen molar-refractivity contribution in [1.82, 2.24) is 4.57 Å². The van der Waals surface area contributed by atoms with Gasteiger partial charge in [-0.2, -0.15) is 0 Å². The highest BCUT2D eigenvalue weighted by atomic mass is 16.5. The number of hydrogen-bond acceptors (Lipinski definition) is 4. The Hall–Kier alpha value is -2.95. The Morgan fingerprint density at radius 3 is 2.42 bits per heavy atom. The first-order chi connectivity index (χ1) is 11.6. The van der Waals surface area contributed by atoms with Crippen LogP contribution in [0, 0.1) is 0 Å². The summed E-state index contributed by atoms with van der Waals surface area (Å²) in [6.07, 6.45) is 0. The lowest BCUT2D eigenvalue weighted by Gasteiger charge is -2.09. The SMILES string of the molecule is CCn1c(-c2ccc(C(=O)OC)cc2)c(N)c2cc(OC)ccc21. The van der Waals surface area contributed by atoms with Crippen LogP contribution < -0.4 is 10.5 Å². The van der Waals surface area contributed by atoms with Gasteiger partial charge < -0.3 is 19.8 Å². The van der Waals surface area contributed by atoms with Crippen molar-refractivity contribution in [3.05, 3.63) is 48.0 Å². The topological polar surface area (TPSA) is 66.5 Å². The molecule has 24 heavy (non-hydrogen) atoms. The molecule has 0 amide bonds. The highest BCUT2D eigenvalue weighted by Crippen LogP contribution is 2.37. The Balaban J connectivity index is 2.18. The van der Waals surface area contributed by atoms with Crippen molar-refractivity contribution in [2.45, 2.75) is 13.5 Å². The van der Waals surface area contributed by atoms with Gasteiger partial charge in [0.15, 0.2) is 0 Å². The molecule has 0 unspecified atom stereocenters. The van der Waals surface area contributed by atoms with Gasteiger partial charge in [0.1, 0.15) is 5.75 Å². The number of ether oxygens (including phenoxy) is 2. The van der Waals surface area contributed by atoms with E-state index >= 15 is 0 Å². The third kappa shape index (κ3) is 2.48. The number of fused-ring (bicyclic) bond motifs is 1. The maximum atomic E-state index is 11.6. The summed E-state index contributed by atoms with van der Waals surface area (Å²) in [7, 11) is 3.01. The summed E-state index contributed by atoms with van der Waals surface area (Å²) in [6, 6.07) is 13.2. The first kappa shape index (κ1) is 15.9. The number of rotatable bonds is 4. The molecule has 2 N–H and O–H groups in total. The fraction of sp³-hybridized carbons (Fsp3) is 0.211. The molecule has 5 nitrogen and oxygen atoms in total. The molecule has 0 atom stereocenters. The van der Waals surface area contributed by atoms with Crippen LogP contribution in [-0.4, -0.2) is 24.8 Å². The second-order valence-electron chi connectivity index (χ2n) is 5.46. The lowest BCUT2D eigenvalue weighted by Crippen LogP contribution is -2.02. The predicted molar refractivity (Wildman–Crippen MR) is 95.4 cm³/mol. The molecule has 0 aliphatic heterocycles. The molecule has 0 aliphatic rings. The number of methoxy groups -OCH3 is 2. The predicted octanol–water partition coefficient (Wildman–Crippen LogP) is 3.71. The molecule has 5 heteroatoms. The molecule has 1 aromatic heterocycles. The van der Waals surface area contributed by atoms with Crippen LogP contribution in [0.25, 0.3) is 22.2 Å². The van der Waals surface area contributed by atoms with E-state index in [9.17, 15) is 4.79 Å². The molecule has 124 valence electrons. The lowest BCUT2D eigenvalue weighted by atomic mass is 10.1. The van der Waals surface area contributed by atoms with Gasteiger partial charge in [-0.15, -0.1) is 0 Å². The van der Waals surface area contributed by atoms with E-state index in [-0.39, 0.29) is 5.97 Å². The van der Waals surface area contributed by atoms with Crippen molar-refractivity contribution in [1.29, 1.82) is 0 Å². The molecule has 2 aromatic carbocycles. The average Bonchev–Trinajstić information content (AvgIpc) is 2.92. The van der Waals surface area contributed by atoms with Crippen LogP contribution in [0.1, 0.15) is 17.3 Å². The number of esters is 1. The molecule has 0 aliphatic carbocycles. The fourth-order valence-electron chi connectivity index (χ4n) is 3.01. The number of nitrogens with zero attached hydrogens (tertiary/aromatic N) is 1. The maximum absolute atomic E-state index is 11.6. The van der Waals surface area contributed by atoms with Crippen molar-refractivity contribution < 1.29 is 14.3 Å². The van der Waals surface area contributed by atoms with E-state index < -0.39 is 0 Å². The summed E-state index contributed by atoms with van der Waals surface area (Å²) in [5.41, 5.74) is 10.6. The first-order valence-electron chi connectivity index (χ1n) is 7.75. The van der Waals surface area contributed by atoms with Gasteiger partial charge in [0.25, 0.3) is 0 Å². The van der Waals surface area contributed by atoms with E-state index in [4.69, 9.17) is 15.2 Å². The normalized spacial score (nSPS) is 10.8. The standard InChI is InChI=1S/C19H20N2O3/c1-4-21-16-10-9-14(23-2)11-15(16)17(20)18(21)12-5-7-13(8-6-12)19(22)24-3/h5-11H,4,20H2,1-3H3. The van der Waals surface area contributed by atoms with Gasteiger partial charge in [0, 0.05) is 17.5 Å². The largest absolute Gasteiger partial charge is 0.497 e. The zero-order valence-corrected chi connectivity index (χ0v) is 14.0. The number of aromatic nitrogens is 1. The lowest BCUT2D eigenvalue weighted by molar-refractivity contribution is 0.0601. The monoisotopic (exact) mass is 324 g/mol. The summed E-state index contributed by atoms with van der Waals surface area (Å²) in [4.78, 5) is 11.6. The van der Waals surface area contributed by atoms with Gasteiger partial charge in [-0.3, -0.25) is 0 Å². The molecule has 0 saturated carbocycles. The van der Waals surface area contributed by atoms with E-state index in [0.29, 0.717) is 11.3 Å². The zero-order chi connectivity index (χ0) is 17.3. The third-order valence-corrected chi connectivity index (χ3v) is 4.21. The van der Waals surface area contributed by atoms with Crippen LogP contribution in [0.5, 0.6) is 5.75 Å². The highest BCUT2D eigenvalue weighted by Gasteiger charge is 2.17. The summed E-state index contributed by atoms with van der Waals surface area (Å²) in [5.74, 6) is 0.422. The van der Waals surface area contributed by atoms with Crippen LogP contribution in [0.3, 0.4) is 0 Å². The van der Waals surface area contributed by atoms with Crippen LogP contribution in [0.15, 0.2) is 42.5 Å². The highest BCUT2D eigenvalue weighted by molar-refractivity contribution is 6.01. The number of benzene rings is 2. The number of hydrogen-bond donors (Lipinski definition) is 1. The molecule has 0 saturated heterocycles. The van der Waals surface area contributed by atoms with Gasteiger partial charge in [-0.25, -0.2) is 4.79 Å². The zero-order valence-electron chi connectivity index (χ0n) is 14.0. The van der Waals surface area contributed by atoms with E-state index in [1.165, 1.54) is 7.11 Å². The Labute approximate surface area is 140 Å². The minimum absolute atomic E-state index is 0.352. The molecule has 0 radical (unpaired) electrons. The Morgan fingerprint density at radius 2 is 1.83 bits per heavy atom. The van der Waals surface area contributed by atoms with Crippen LogP contribution in [0.4, 0.5) is 5.69 Å². The molecule has 0 spiro atoms. The number of nitrogens with two attached hydrogens (primary N) is 1. The number of aryl methyl sites for hydroxylation is 1. The van der Waals surface area contributed by atoms with E-state index in [1.54, 1.807) is 19.2 Å². The summed E-state index contributed by atoms with van der Waals surface area (Å²) < 4.78 is 12.2. The molecule has 3 aromatic rings.